The lowest BCUT2D eigenvalue weighted by Gasteiger charge is -2.30. The Morgan fingerprint density at radius 3 is 3.13 bits per heavy atom. The third-order valence-corrected chi connectivity index (χ3v) is 3.48. The number of hydrogen-bond donors (Lipinski definition) is 2. The number of carboxylic acid groups (broad SMARTS) is 1. The van der Waals surface area contributed by atoms with Gasteiger partial charge >= 0.3 is 5.97 Å². The second-order valence-corrected chi connectivity index (χ2v) is 4.67. The Bertz CT molecular complexity index is 366. The van der Waals surface area contributed by atoms with Gasteiger partial charge in [-0.2, -0.15) is 0 Å². The number of aromatic nitrogens is 1. The molecule has 0 saturated carbocycles. The molecule has 15 heavy (non-hydrogen) atoms. The highest BCUT2D eigenvalue weighted by molar-refractivity contribution is 7.17. The van der Waals surface area contributed by atoms with E-state index < -0.39 is 5.97 Å². The second-order valence-electron chi connectivity index (χ2n) is 3.66. The Balaban J connectivity index is 2.11. The number of rotatable bonds is 2. The highest BCUT2D eigenvalue weighted by Crippen LogP contribution is 2.24. The van der Waals surface area contributed by atoms with Crippen molar-refractivity contribution in [2.75, 3.05) is 18.0 Å². The number of thiazole rings is 1. The van der Waals surface area contributed by atoms with Gasteiger partial charge in [0, 0.05) is 19.1 Å². The molecule has 6 heteroatoms. The van der Waals surface area contributed by atoms with E-state index >= 15 is 0 Å². The molecule has 1 unspecified atom stereocenters. The predicted molar refractivity (Wildman–Crippen MR) is 58.5 cm³/mol. The van der Waals surface area contributed by atoms with Crippen molar-refractivity contribution in [3.05, 3.63) is 11.1 Å². The van der Waals surface area contributed by atoms with E-state index in [0.717, 1.165) is 31.1 Å². The van der Waals surface area contributed by atoms with Crippen LogP contribution in [0.25, 0.3) is 0 Å². The van der Waals surface area contributed by atoms with E-state index in [-0.39, 0.29) is 10.9 Å². The maximum Gasteiger partial charge on any atom is 0.347 e. The maximum atomic E-state index is 10.7. The van der Waals surface area contributed by atoms with Crippen molar-refractivity contribution in [3.8, 4) is 0 Å². The molecule has 2 heterocycles. The van der Waals surface area contributed by atoms with Crippen molar-refractivity contribution in [2.45, 2.75) is 18.9 Å². The second kappa shape index (κ2) is 4.16. The summed E-state index contributed by atoms with van der Waals surface area (Å²) in [6.07, 6.45) is 3.49. The fourth-order valence-electron chi connectivity index (χ4n) is 1.69. The van der Waals surface area contributed by atoms with Crippen molar-refractivity contribution in [1.29, 1.82) is 0 Å². The van der Waals surface area contributed by atoms with Gasteiger partial charge in [-0.05, 0) is 12.8 Å². The monoisotopic (exact) mass is 227 g/mol. The van der Waals surface area contributed by atoms with Gasteiger partial charge in [-0.15, -0.1) is 0 Å². The number of carbonyl (C=O) groups is 1. The summed E-state index contributed by atoms with van der Waals surface area (Å²) >= 11 is 1.21. The maximum absolute atomic E-state index is 10.7. The lowest BCUT2D eigenvalue weighted by atomic mass is 10.1. The van der Waals surface area contributed by atoms with Gasteiger partial charge in [0.25, 0.3) is 0 Å². The van der Waals surface area contributed by atoms with Crippen LogP contribution in [-0.2, 0) is 0 Å². The molecule has 1 atom stereocenters. The summed E-state index contributed by atoms with van der Waals surface area (Å²) in [6, 6.07) is 0.177. The largest absolute Gasteiger partial charge is 0.477 e. The van der Waals surface area contributed by atoms with Crippen molar-refractivity contribution >= 4 is 22.4 Å². The zero-order valence-electron chi connectivity index (χ0n) is 8.22. The molecule has 0 bridgehead atoms. The average Bonchev–Trinajstić information content (AvgIpc) is 2.66. The number of hydrogen-bond acceptors (Lipinski definition) is 5. The summed E-state index contributed by atoms with van der Waals surface area (Å²) in [5.74, 6) is -0.917. The molecule has 1 aliphatic rings. The minimum atomic E-state index is -0.917. The first kappa shape index (κ1) is 10.4. The lowest BCUT2D eigenvalue weighted by Crippen LogP contribution is -2.42. The molecule has 2 rings (SSSR count). The lowest BCUT2D eigenvalue weighted by molar-refractivity contribution is 0.0702. The molecule has 0 aromatic carbocycles. The van der Waals surface area contributed by atoms with E-state index in [9.17, 15) is 4.79 Å². The quantitative estimate of drug-likeness (QED) is 0.780. The Morgan fingerprint density at radius 1 is 1.73 bits per heavy atom. The van der Waals surface area contributed by atoms with Gasteiger partial charge in [0.1, 0.15) is 4.88 Å². The van der Waals surface area contributed by atoms with Crippen LogP contribution in [0, 0.1) is 0 Å². The molecule has 0 radical (unpaired) electrons. The Kier molecular flexibility index (Phi) is 2.88. The smallest absolute Gasteiger partial charge is 0.347 e. The Morgan fingerprint density at radius 2 is 2.53 bits per heavy atom. The highest BCUT2D eigenvalue weighted by atomic mass is 32.1. The van der Waals surface area contributed by atoms with Crippen LogP contribution in [0.3, 0.4) is 0 Å². The molecule has 1 aromatic heterocycles. The van der Waals surface area contributed by atoms with Crippen molar-refractivity contribution in [1.82, 2.24) is 4.98 Å². The molecule has 0 amide bonds. The molecule has 82 valence electrons. The van der Waals surface area contributed by atoms with Gasteiger partial charge in [-0.1, -0.05) is 11.3 Å². The first-order valence-corrected chi connectivity index (χ1v) is 5.68. The van der Waals surface area contributed by atoms with Crippen LogP contribution in [0.1, 0.15) is 22.5 Å². The van der Waals surface area contributed by atoms with Crippen LogP contribution < -0.4 is 10.6 Å². The highest BCUT2D eigenvalue weighted by Gasteiger charge is 2.20. The number of carboxylic acids is 1. The fourth-order valence-corrected chi connectivity index (χ4v) is 2.48. The summed E-state index contributed by atoms with van der Waals surface area (Å²) in [4.78, 5) is 17.1. The first-order chi connectivity index (χ1) is 7.16. The molecule has 5 nitrogen and oxygen atoms in total. The van der Waals surface area contributed by atoms with Gasteiger partial charge in [0.05, 0.1) is 6.20 Å². The normalized spacial score (nSPS) is 21.7. The van der Waals surface area contributed by atoms with Crippen LogP contribution in [-0.4, -0.2) is 35.2 Å². The number of piperidine rings is 1. The topological polar surface area (TPSA) is 79.5 Å². The average molecular weight is 227 g/mol. The molecule has 0 spiro atoms. The van der Waals surface area contributed by atoms with Crippen molar-refractivity contribution in [3.63, 3.8) is 0 Å². The van der Waals surface area contributed by atoms with Crippen LogP contribution in [0.2, 0.25) is 0 Å². The van der Waals surface area contributed by atoms with Crippen LogP contribution in [0.4, 0.5) is 5.13 Å². The van der Waals surface area contributed by atoms with Gasteiger partial charge in [0.15, 0.2) is 5.13 Å². The summed E-state index contributed by atoms with van der Waals surface area (Å²) in [6.45, 7) is 1.69. The number of anilines is 1. The fraction of sp³-hybridized carbons (Fsp3) is 0.556. The van der Waals surface area contributed by atoms with E-state index in [4.69, 9.17) is 10.8 Å². The summed E-state index contributed by atoms with van der Waals surface area (Å²) in [5, 5.41) is 9.54. The minimum absolute atomic E-state index is 0.177. The first-order valence-electron chi connectivity index (χ1n) is 4.86. The van der Waals surface area contributed by atoms with Crippen LogP contribution in [0.15, 0.2) is 6.20 Å². The SMILES string of the molecule is NC1CCCN(c2ncc(C(=O)O)s2)C1. The van der Waals surface area contributed by atoms with E-state index in [1.165, 1.54) is 17.5 Å². The molecule has 1 saturated heterocycles. The van der Waals surface area contributed by atoms with E-state index in [2.05, 4.69) is 9.88 Å². The molecule has 1 aromatic rings. The minimum Gasteiger partial charge on any atom is -0.477 e. The van der Waals surface area contributed by atoms with Crippen LogP contribution in [0.5, 0.6) is 0 Å². The van der Waals surface area contributed by atoms with Gasteiger partial charge < -0.3 is 15.7 Å². The predicted octanol–water partition coefficient (Wildman–Crippen LogP) is 0.769. The summed E-state index contributed by atoms with van der Waals surface area (Å²) < 4.78 is 0. The van der Waals surface area contributed by atoms with E-state index in [0.29, 0.717) is 0 Å². The van der Waals surface area contributed by atoms with Crippen molar-refractivity contribution in [2.24, 2.45) is 5.73 Å². The summed E-state index contributed by atoms with van der Waals surface area (Å²) in [5.41, 5.74) is 5.85. The Hall–Kier alpha value is -1.14. The third-order valence-electron chi connectivity index (χ3n) is 2.43. The van der Waals surface area contributed by atoms with E-state index in [1.807, 2.05) is 0 Å². The zero-order valence-corrected chi connectivity index (χ0v) is 9.04. The van der Waals surface area contributed by atoms with Gasteiger partial charge in [-0.3, -0.25) is 0 Å². The van der Waals surface area contributed by atoms with E-state index in [1.54, 1.807) is 0 Å². The number of nitrogens with two attached hydrogens (primary N) is 1. The van der Waals surface area contributed by atoms with Crippen LogP contribution >= 0.6 is 11.3 Å². The Labute approximate surface area is 91.5 Å². The molecular weight excluding hydrogens is 214 g/mol. The number of nitrogens with zero attached hydrogens (tertiary/aromatic N) is 2. The number of aromatic carboxylic acids is 1. The summed E-state index contributed by atoms with van der Waals surface area (Å²) in [7, 11) is 0. The van der Waals surface area contributed by atoms with Gasteiger partial charge in [-0.25, -0.2) is 9.78 Å². The molecule has 1 fully saturated rings. The molecule has 1 aliphatic heterocycles. The third kappa shape index (κ3) is 2.27. The standard InChI is InChI=1S/C9H13N3O2S/c10-6-2-1-3-12(5-6)9-11-4-7(15-9)8(13)14/h4,6H,1-3,5,10H2,(H,13,14). The molecular formula is C9H13N3O2S. The zero-order chi connectivity index (χ0) is 10.8. The van der Waals surface area contributed by atoms with Crippen molar-refractivity contribution < 1.29 is 9.90 Å². The molecule has 3 N–H and O–H groups in total. The molecule has 0 aliphatic carbocycles. The van der Waals surface area contributed by atoms with Gasteiger partial charge in [0.2, 0.25) is 0 Å².